The maximum atomic E-state index is 12.8. The number of fused-ring (bicyclic) bond motifs is 1. The van der Waals surface area contributed by atoms with Crippen LogP contribution in [-0.2, 0) is 30.7 Å². The van der Waals surface area contributed by atoms with Crippen LogP contribution in [0, 0.1) is 0 Å². The molecule has 0 spiro atoms. The third kappa shape index (κ3) is 6.50. The van der Waals surface area contributed by atoms with Gasteiger partial charge in [-0.05, 0) is 91.7 Å². The van der Waals surface area contributed by atoms with E-state index in [2.05, 4.69) is 46.5 Å². The molecule has 188 valence electrons. The van der Waals surface area contributed by atoms with Crippen molar-refractivity contribution in [3.63, 3.8) is 0 Å². The van der Waals surface area contributed by atoms with E-state index in [0.29, 0.717) is 12.2 Å². The SMILES string of the molecule is CN(Cc1cccnc1)Cc1ccc2c(c1)CC[C@H](NC(=O)c1ccc(OC[C@@H]3CCCO3)cc1)C2. The summed E-state index contributed by atoms with van der Waals surface area (Å²) in [4.78, 5) is 19.4. The average molecular weight is 486 g/mol. The van der Waals surface area contributed by atoms with Crippen molar-refractivity contribution in [2.75, 3.05) is 20.3 Å². The molecule has 6 heteroatoms. The minimum absolute atomic E-state index is 0.0252. The fourth-order valence-corrected chi connectivity index (χ4v) is 5.14. The summed E-state index contributed by atoms with van der Waals surface area (Å²) < 4.78 is 11.4. The van der Waals surface area contributed by atoms with Gasteiger partial charge < -0.3 is 14.8 Å². The van der Waals surface area contributed by atoms with E-state index in [9.17, 15) is 4.79 Å². The zero-order valence-electron chi connectivity index (χ0n) is 21.0. The van der Waals surface area contributed by atoms with Crippen LogP contribution in [0.4, 0.5) is 0 Å². The number of hydrogen-bond acceptors (Lipinski definition) is 5. The smallest absolute Gasteiger partial charge is 0.251 e. The van der Waals surface area contributed by atoms with Gasteiger partial charge in [-0.25, -0.2) is 0 Å². The second kappa shape index (κ2) is 11.7. The zero-order chi connectivity index (χ0) is 24.7. The van der Waals surface area contributed by atoms with Gasteiger partial charge in [-0.15, -0.1) is 0 Å². The molecule has 2 aromatic carbocycles. The fraction of sp³-hybridized carbons (Fsp3) is 0.400. The van der Waals surface area contributed by atoms with E-state index in [4.69, 9.17) is 9.47 Å². The minimum Gasteiger partial charge on any atom is -0.491 e. The van der Waals surface area contributed by atoms with Gasteiger partial charge in [0.25, 0.3) is 5.91 Å². The Morgan fingerprint density at radius 3 is 2.72 bits per heavy atom. The van der Waals surface area contributed by atoms with E-state index < -0.39 is 0 Å². The number of hydrogen-bond donors (Lipinski definition) is 1. The molecule has 2 atom stereocenters. The highest BCUT2D eigenvalue weighted by Gasteiger charge is 2.21. The first-order chi connectivity index (χ1) is 17.6. The molecule has 0 radical (unpaired) electrons. The lowest BCUT2D eigenvalue weighted by molar-refractivity contribution is 0.0679. The number of nitrogens with one attached hydrogen (secondary N) is 1. The van der Waals surface area contributed by atoms with Crippen LogP contribution in [0.2, 0.25) is 0 Å². The molecule has 5 rings (SSSR count). The monoisotopic (exact) mass is 485 g/mol. The number of carbonyl (C=O) groups excluding carboxylic acids is 1. The van der Waals surface area contributed by atoms with Crippen LogP contribution < -0.4 is 10.1 Å². The predicted molar refractivity (Wildman–Crippen MR) is 140 cm³/mol. The molecule has 3 aromatic rings. The molecule has 1 saturated heterocycles. The highest BCUT2D eigenvalue weighted by atomic mass is 16.5. The van der Waals surface area contributed by atoms with Gasteiger partial charge in [-0.3, -0.25) is 14.7 Å². The maximum Gasteiger partial charge on any atom is 0.251 e. The predicted octanol–water partition coefficient (Wildman–Crippen LogP) is 4.56. The number of aromatic nitrogens is 1. The van der Waals surface area contributed by atoms with Gasteiger partial charge in [0.15, 0.2) is 0 Å². The molecule has 36 heavy (non-hydrogen) atoms. The van der Waals surface area contributed by atoms with Crippen molar-refractivity contribution in [3.05, 3.63) is 94.8 Å². The number of amides is 1. The second-order valence-corrected chi connectivity index (χ2v) is 10.0. The van der Waals surface area contributed by atoms with Crippen LogP contribution in [0.3, 0.4) is 0 Å². The Balaban J connectivity index is 1.11. The number of carbonyl (C=O) groups is 1. The lowest BCUT2D eigenvalue weighted by atomic mass is 9.87. The molecule has 0 bridgehead atoms. The lowest BCUT2D eigenvalue weighted by Gasteiger charge is -2.26. The number of aryl methyl sites for hydroxylation is 1. The van der Waals surface area contributed by atoms with Crippen LogP contribution in [0.25, 0.3) is 0 Å². The van der Waals surface area contributed by atoms with Crippen LogP contribution in [0.1, 0.15) is 51.9 Å². The van der Waals surface area contributed by atoms with E-state index in [-0.39, 0.29) is 18.1 Å². The van der Waals surface area contributed by atoms with E-state index >= 15 is 0 Å². The Morgan fingerprint density at radius 2 is 1.94 bits per heavy atom. The molecule has 1 amide bonds. The van der Waals surface area contributed by atoms with E-state index in [1.165, 1.54) is 22.3 Å². The van der Waals surface area contributed by atoms with Gasteiger partial charge in [0.1, 0.15) is 12.4 Å². The van der Waals surface area contributed by atoms with Crippen molar-refractivity contribution in [1.82, 2.24) is 15.2 Å². The van der Waals surface area contributed by atoms with Gasteiger partial charge >= 0.3 is 0 Å². The molecule has 0 saturated carbocycles. The fourth-order valence-electron chi connectivity index (χ4n) is 5.14. The molecule has 1 fully saturated rings. The quantitative estimate of drug-likeness (QED) is 0.482. The van der Waals surface area contributed by atoms with Crippen LogP contribution in [-0.4, -0.2) is 48.2 Å². The third-order valence-electron chi connectivity index (χ3n) is 7.04. The summed E-state index contributed by atoms with van der Waals surface area (Å²) in [5.41, 5.74) is 5.95. The summed E-state index contributed by atoms with van der Waals surface area (Å²) in [7, 11) is 2.14. The standard InChI is InChI=1S/C30H35N3O3/c1-33(20-23-4-2-14-31-18-23)19-22-6-7-26-17-27(11-8-25(26)16-22)32-30(34)24-9-12-28(13-10-24)36-21-29-5-3-15-35-29/h2,4,6-7,9-10,12-14,16,18,27,29H,3,5,8,11,15,17,19-21H2,1H3,(H,32,34)/t27-,29-/m0/s1. The Labute approximate surface area is 213 Å². The van der Waals surface area contributed by atoms with Crippen molar-refractivity contribution in [3.8, 4) is 5.75 Å². The Bertz CT molecular complexity index is 1140. The van der Waals surface area contributed by atoms with Crippen LogP contribution in [0.5, 0.6) is 5.75 Å². The maximum absolute atomic E-state index is 12.8. The number of nitrogens with zero attached hydrogens (tertiary/aromatic N) is 2. The molecular formula is C30H35N3O3. The molecule has 0 unspecified atom stereocenters. The van der Waals surface area contributed by atoms with E-state index in [1.807, 2.05) is 42.7 Å². The zero-order valence-corrected chi connectivity index (χ0v) is 21.0. The van der Waals surface area contributed by atoms with Gasteiger partial charge in [-0.1, -0.05) is 24.3 Å². The first kappa shape index (κ1) is 24.5. The summed E-state index contributed by atoms with van der Waals surface area (Å²) in [5, 5.41) is 3.23. The highest BCUT2D eigenvalue weighted by Crippen LogP contribution is 2.24. The average Bonchev–Trinajstić information content (AvgIpc) is 3.42. The molecule has 1 aliphatic heterocycles. The summed E-state index contributed by atoms with van der Waals surface area (Å²) in [5.74, 6) is 0.748. The number of rotatable bonds is 9. The minimum atomic E-state index is -0.0252. The van der Waals surface area contributed by atoms with Crippen molar-refractivity contribution in [2.45, 2.75) is 57.3 Å². The molecule has 6 nitrogen and oxygen atoms in total. The van der Waals surface area contributed by atoms with Gasteiger partial charge in [0.2, 0.25) is 0 Å². The summed E-state index contributed by atoms with van der Waals surface area (Å²) in [6.45, 7) is 3.16. The Morgan fingerprint density at radius 1 is 1.08 bits per heavy atom. The van der Waals surface area contributed by atoms with Crippen molar-refractivity contribution >= 4 is 5.91 Å². The van der Waals surface area contributed by atoms with Crippen molar-refractivity contribution in [1.29, 1.82) is 0 Å². The highest BCUT2D eigenvalue weighted by molar-refractivity contribution is 5.94. The normalized spacial score (nSPS) is 19.2. The van der Waals surface area contributed by atoms with Crippen molar-refractivity contribution in [2.24, 2.45) is 0 Å². The molecule has 1 aliphatic carbocycles. The molecular weight excluding hydrogens is 450 g/mol. The third-order valence-corrected chi connectivity index (χ3v) is 7.04. The summed E-state index contributed by atoms with van der Waals surface area (Å²) >= 11 is 0. The van der Waals surface area contributed by atoms with Gasteiger partial charge in [-0.2, -0.15) is 0 Å². The van der Waals surface area contributed by atoms with Gasteiger partial charge in [0, 0.05) is 43.7 Å². The largest absolute Gasteiger partial charge is 0.491 e. The first-order valence-electron chi connectivity index (χ1n) is 13.0. The number of pyridine rings is 1. The van der Waals surface area contributed by atoms with Crippen molar-refractivity contribution < 1.29 is 14.3 Å². The molecule has 2 heterocycles. The topological polar surface area (TPSA) is 63.7 Å². The first-order valence-corrected chi connectivity index (χ1v) is 13.0. The number of benzene rings is 2. The van der Waals surface area contributed by atoms with Gasteiger partial charge in [0.05, 0.1) is 6.10 Å². The van der Waals surface area contributed by atoms with Crippen LogP contribution >= 0.6 is 0 Å². The number of ether oxygens (including phenoxy) is 2. The van der Waals surface area contributed by atoms with E-state index in [0.717, 1.165) is 57.6 Å². The second-order valence-electron chi connectivity index (χ2n) is 10.0. The summed E-state index contributed by atoms with van der Waals surface area (Å²) in [6, 6.07) is 18.5. The van der Waals surface area contributed by atoms with E-state index in [1.54, 1.807) is 0 Å². The Kier molecular flexibility index (Phi) is 7.94. The lowest BCUT2D eigenvalue weighted by Crippen LogP contribution is -2.38. The molecule has 2 aliphatic rings. The Hall–Kier alpha value is -3.22. The summed E-state index contributed by atoms with van der Waals surface area (Å²) in [6.07, 6.45) is 8.88. The molecule has 1 N–H and O–H groups in total. The molecule has 1 aromatic heterocycles. The van der Waals surface area contributed by atoms with Crippen LogP contribution in [0.15, 0.2) is 67.0 Å².